The molecule has 9 rings (SSSR count). The average Bonchev–Trinajstić information content (AvgIpc) is 3.12. The molecule has 0 saturated carbocycles. The molecule has 0 aliphatic rings. The highest BCUT2D eigenvalue weighted by Crippen LogP contribution is 2.40. The molecular weight excluding hydrogens is 593 g/mol. The molecule has 0 radical (unpaired) electrons. The van der Waals surface area contributed by atoms with Crippen molar-refractivity contribution in [1.29, 1.82) is 0 Å². The molecule has 0 atom stereocenters. The lowest BCUT2D eigenvalue weighted by molar-refractivity contribution is 1.61. The van der Waals surface area contributed by atoms with Gasteiger partial charge in [-0.1, -0.05) is 158 Å². The summed E-state index contributed by atoms with van der Waals surface area (Å²) < 4.78 is 0. The zero-order chi connectivity index (χ0) is 32.4. The first-order valence-corrected chi connectivity index (χ1v) is 20.4. The second-order valence-corrected chi connectivity index (χ2v) is 19.3. The molecule has 0 nitrogen and oxygen atoms in total. The van der Waals surface area contributed by atoms with Gasteiger partial charge in [-0.15, -0.1) is 0 Å². The second kappa shape index (κ2) is 11.0. The lowest BCUT2D eigenvalue weighted by Crippen LogP contribution is -2.37. The van der Waals surface area contributed by atoms with Gasteiger partial charge in [0.1, 0.15) is 0 Å². The van der Waals surface area contributed by atoms with Gasteiger partial charge in [0.15, 0.2) is 0 Å². The fraction of sp³-hybridized carbons (Fsp3) is 0.0638. The zero-order valence-electron chi connectivity index (χ0n) is 27.6. The van der Waals surface area contributed by atoms with Gasteiger partial charge in [-0.2, -0.15) is 0 Å². The van der Waals surface area contributed by atoms with E-state index in [1.54, 1.807) is 0 Å². The van der Waals surface area contributed by atoms with E-state index in [4.69, 9.17) is 0 Å². The minimum Gasteiger partial charge on any atom is -0.0656 e. The molecule has 0 heterocycles. The molecule has 9 aromatic carbocycles. The first kappa shape index (κ1) is 28.7. The molecule has 0 amide bonds. The van der Waals surface area contributed by atoms with Gasteiger partial charge in [0.05, 0.1) is 8.07 Å². The van der Waals surface area contributed by atoms with Gasteiger partial charge in [-0.25, -0.2) is 0 Å². The van der Waals surface area contributed by atoms with Crippen LogP contribution in [0, 0.1) is 0 Å². The van der Waals surface area contributed by atoms with Crippen LogP contribution in [0.2, 0.25) is 19.6 Å². The Balaban J connectivity index is 1.18. The van der Waals surface area contributed by atoms with Crippen LogP contribution in [0.4, 0.5) is 0 Å². The van der Waals surface area contributed by atoms with Crippen molar-refractivity contribution in [1.82, 2.24) is 0 Å². The lowest BCUT2D eigenvalue weighted by atomic mass is 9.89. The Morgan fingerprint density at radius 3 is 1.56 bits per heavy atom. The van der Waals surface area contributed by atoms with E-state index >= 15 is 0 Å². The minimum absolute atomic E-state index is 1.23. The third-order valence-corrected chi connectivity index (χ3v) is 12.2. The number of benzene rings is 9. The molecule has 1 heteroatoms. The van der Waals surface area contributed by atoms with Crippen LogP contribution >= 0.6 is 0 Å². The van der Waals surface area contributed by atoms with Crippen LogP contribution in [-0.2, 0) is 0 Å². The summed E-state index contributed by atoms with van der Waals surface area (Å²) in [5, 5.41) is 14.4. The van der Waals surface area contributed by atoms with Gasteiger partial charge in [-0.05, 0) is 118 Å². The highest BCUT2D eigenvalue weighted by molar-refractivity contribution is 6.88. The van der Waals surface area contributed by atoms with Crippen molar-refractivity contribution < 1.29 is 0 Å². The minimum atomic E-state index is -1.51. The zero-order valence-corrected chi connectivity index (χ0v) is 28.6. The average molecular weight is 629 g/mol. The number of hydrogen-bond donors (Lipinski definition) is 0. The third-order valence-electron chi connectivity index (χ3n) is 10.1. The van der Waals surface area contributed by atoms with Crippen LogP contribution in [0.5, 0.6) is 0 Å². The molecule has 0 unspecified atom stereocenters. The first-order chi connectivity index (χ1) is 23.4. The Labute approximate surface area is 282 Å². The van der Waals surface area contributed by atoms with Crippen molar-refractivity contribution in [3.8, 4) is 33.4 Å². The molecule has 48 heavy (non-hydrogen) atoms. The van der Waals surface area contributed by atoms with Gasteiger partial charge in [-0.3, -0.25) is 0 Å². The largest absolute Gasteiger partial charge is 0.0776 e. The van der Waals surface area contributed by atoms with Crippen LogP contribution in [0.15, 0.2) is 164 Å². The van der Waals surface area contributed by atoms with E-state index in [0.29, 0.717) is 0 Å². The van der Waals surface area contributed by atoms with Crippen molar-refractivity contribution in [2.45, 2.75) is 19.6 Å². The monoisotopic (exact) mass is 628 g/mol. The summed E-state index contributed by atoms with van der Waals surface area (Å²) in [7, 11) is -1.51. The van der Waals surface area contributed by atoms with Crippen molar-refractivity contribution in [3.63, 3.8) is 0 Å². The standard InChI is InChI=1S/C47H36Si/c1-48(2,3)42-23-21-40-29-46-43-14-7-6-10-32(43)22-24-44(46)47(45(40)30-42)41-20-19-38-27-37(17-18-39(38)28-41)35-13-8-12-34(26-35)36-16-15-31-9-4-5-11-33(31)25-36/h4-30H,1-3H3. The summed E-state index contributed by atoms with van der Waals surface area (Å²) in [5.41, 5.74) is 7.56. The summed E-state index contributed by atoms with van der Waals surface area (Å²) in [4.78, 5) is 0. The quantitative estimate of drug-likeness (QED) is 0.103. The van der Waals surface area contributed by atoms with Gasteiger partial charge >= 0.3 is 0 Å². The van der Waals surface area contributed by atoms with Crippen molar-refractivity contribution in [3.05, 3.63) is 164 Å². The maximum atomic E-state index is 2.49. The third kappa shape index (κ3) is 4.90. The Hall–Kier alpha value is -5.50. The Bertz CT molecular complexity index is 2710. The van der Waals surface area contributed by atoms with Gasteiger partial charge in [0.25, 0.3) is 0 Å². The highest BCUT2D eigenvalue weighted by Gasteiger charge is 2.19. The summed E-state index contributed by atoms with van der Waals surface area (Å²) in [5.74, 6) is 0. The van der Waals surface area contributed by atoms with Crippen molar-refractivity contribution >= 4 is 67.1 Å². The maximum absolute atomic E-state index is 2.49. The summed E-state index contributed by atoms with van der Waals surface area (Å²) in [6.45, 7) is 7.31. The van der Waals surface area contributed by atoms with E-state index in [2.05, 4.69) is 183 Å². The summed E-state index contributed by atoms with van der Waals surface area (Å²) in [6.07, 6.45) is 0. The summed E-state index contributed by atoms with van der Waals surface area (Å²) >= 11 is 0. The van der Waals surface area contributed by atoms with Crippen LogP contribution in [0.3, 0.4) is 0 Å². The number of fused-ring (bicyclic) bond motifs is 6. The molecular formula is C47H36Si. The predicted octanol–water partition coefficient (Wildman–Crippen LogP) is 13.0. The Morgan fingerprint density at radius 2 is 0.833 bits per heavy atom. The molecule has 0 bridgehead atoms. The van der Waals surface area contributed by atoms with E-state index in [1.165, 1.54) is 92.4 Å². The van der Waals surface area contributed by atoms with E-state index in [-0.39, 0.29) is 0 Å². The van der Waals surface area contributed by atoms with E-state index in [1.807, 2.05) is 0 Å². The van der Waals surface area contributed by atoms with Crippen molar-refractivity contribution in [2.24, 2.45) is 0 Å². The van der Waals surface area contributed by atoms with Gasteiger partial charge < -0.3 is 0 Å². The summed E-state index contributed by atoms with van der Waals surface area (Å²) in [6, 6.07) is 61.2. The Kier molecular flexibility index (Phi) is 6.60. The molecule has 0 spiro atoms. The van der Waals surface area contributed by atoms with Gasteiger partial charge in [0, 0.05) is 0 Å². The predicted molar refractivity (Wildman–Crippen MR) is 213 cm³/mol. The molecule has 0 aliphatic carbocycles. The molecule has 9 aromatic rings. The van der Waals surface area contributed by atoms with Gasteiger partial charge in [0.2, 0.25) is 0 Å². The highest BCUT2D eigenvalue weighted by atomic mass is 28.3. The van der Waals surface area contributed by atoms with E-state index < -0.39 is 8.07 Å². The lowest BCUT2D eigenvalue weighted by Gasteiger charge is -2.20. The van der Waals surface area contributed by atoms with Crippen LogP contribution in [-0.4, -0.2) is 8.07 Å². The van der Waals surface area contributed by atoms with Crippen molar-refractivity contribution in [2.75, 3.05) is 0 Å². The smallest absolute Gasteiger partial charge is 0.0656 e. The fourth-order valence-electron chi connectivity index (χ4n) is 7.47. The fourth-order valence-corrected chi connectivity index (χ4v) is 8.63. The van der Waals surface area contributed by atoms with Crippen LogP contribution < -0.4 is 5.19 Å². The first-order valence-electron chi connectivity index (χ1n) is 16.9. The molecule has 228 valence electrons. The van der Waals surface area contributed by atoms with Crippen LogP contribution in [0.25, 0.3) is 87.2 Å². The SMILES string of the molecule is C[Si](C)(C)c1ccc2cc3c(ccc4ccccc43)c(-c3ccc4cc(-c5cccc(-c6ccc7ccccc7c6)c5)ccc4c3)c2c1. The second-order valence-electron chi connectivity index (χ2n) is 14.2. The molecule has 0 N–H and O–H groups in total. The molecule has 0 aliphatic heterocycles. The van der Waals surface area contributed by atoms with E-state index in [9.17, 15) is 0 Å². The normalized spacial score (nSPS) is 12.1. The molecule has 0 fully saturated rings. The van der Waals surface area contributed by atoms with Crippen LogP contribution in [0.1, 0.15) is 0 Å². The topological polar surface area (TPSA) is 0 Å². The number of hydrogen-bond acceptors (Lipinski definition) is 0. The molecule has 0 saturated heterocycles. The maximum Gasteiger partial charge on any atom is 0.0776 e. The molecule has 0 aromatic heterocycles. The Morgan fingerprint density at radius 1 is 0.292 bits per heavy atom. The van der Waals surface area contributed by atoms with E-state index in [0.717, 1.165) is 0 Å². The number of rotatable bonds is 4.